The third-order valence-corrected chi connectivity index (χ3v) is 3.53. The summed E-state index contributed by atoms with van der Waals surface area (Å²) in [7, 11) is 1.73. The monoisotopic (exact) mass is 355 g/mol. The van der Waals surface area contributed by atoms with Crippen LogP contribution in [-0.2, 0) is 16.6 Å². The Kier molecular flexibility index (Phi) is 6.01. The molecule has 8 heteroatoms. The lowest BCUT2D eigenvalue weighted by Crippen LogP contribution is -2.10. The molecule has 122 valence electrons. The molecule has 2 aromatic heterocycles. The highest BCUT2D eigenvalue weighted by atomic mass is 35.5. The molecule has 0 aliphatic carbocycles. The highest BCUT2D eigenvalue weighted by Crippen LogP contribution is 2.20. The standard InChI is InChI=1S/C15H15Cl2N3O3/c1-10-12(15(17)20(2)19-10)3-4-14(21)23-8-7-22-11-5-6-18-13(16)9-11/h3-6,9H,7-8H2,1-2H3/b4-3+. The molecule has 0 atom stereocenters. The molecule has 0 saturated carbocycles. The third kappa shape index (κ3) is 4.97. The zero-order valence-corrected chi connectivity index (χ0v) is 14.1. The zero-order chi connectivity index (χ0) is 16.8. The second-order valence-electron chi connectivity index (χ2n) is 4.58. The number of aromatic nitrogens is 3. The van der Waals surface area contributed by atoms with Crippen molar-refractivity contribution in [3.05, 3.63) is 46.0 Å². The molecule has 2 aromatic rings. The summed E-state index contributed by atoms with van der Waals surface area (Å²) >= 11 is 11.8. The van der Waals surface area contributed by atoms with Gasteiger partial charge in [0.2, 0.25) is 0 Å². The van der Waals surface area contributed by atoms with E-state index >= 15 is 0 Å². The van der Waals surface area contributed by atoms with Gasteiger partial charge in [-0.3, -0.25) is 4.68 Å². The average Bonchev–Trinajstić information content (AvgIpc) is 2.75. The van der Waals surface area contributed by atoms with E-state index in [1.807, 2.05) is 6.92 Å². The first-order chi connectivity index (χ1) is 11.0. The van der Waals surface area contributed by atoms with E-state index in [9.17, 15) is 4.79 Å². The molecule has 0 N–H and O–H groups in total. The van der Waals surface area contributed by atoms with Crippen LogP contribution in [0.1, 0.15) is 11.3 Å². The van der Waals surface area contributed by atoms with Gasteiger partial charge in [-0.05, 0) is 19.1 Å². The van der Waals surface area contributed by atoms with Crippen LogP contribution in [0.2, 0.25) is 10.3 Å². The van der Waals surface area contributed by atoms with Gasteiger partial charge in [0.05, 0.1) is 5.69 Å². The van der Waals surface area contributed by atoms with Crippen molar-refractivity contribution >= 4 is 35.2 Å². The number of hydrogen-bond acceptors (Lipinski definition) is 5. The summed E-state index contributed by atoms with van der Waals surface area (Å²) in [6.07, 6.45) is 4.42. The minimum Gasteiger partial charge on any atom is -0.490 e. The van der Waals surface area contributed by atoms with E-state index < -0.39 is 5.97 Å². The number of nitrogens with zero attached hydrogens (tertiary/aromatic N) is 3. The van der Waals surface area contributed by atoms with Gasteiger partial charge < -0.3 is 9.47 Å². The number of rotatable bonds is 6. The quantitative estimate of drug-likeness (QED) is 0.344. The van der Waals surface area contributed by atoms with Crippen molar-refractivity contribution in [2.45, 2.75) is 6.92 Å². The van der Waals surface area contributed by atoms with E-state index in [1.165, 1.54) is 17.0 Å². The number of hydrogen-bond donors (Lipinski definition) is 0. The lowest BCUT2D eigenvalue weighted by atomic mass is 10.2. The molecule has 23 heavy (non-hydrogen) atoms. The Hall–Kier alpha value is -2.05. The van der Waals surface area contributed by atoms with Gasteiger partial charge in [0, 0.05) is 31.0 Å². The number of halogens is 2. The summed E-state index contributed by atoms with van der Waals surface area (Å²) in [4.78, 5) is 15.5. The highest BCUT2D eigenvalue weighted by molar-refractivity contribution is 6.31. The van der Waals surface area contributed by atoms with Gasteiger partial charge in [0.1, 0.15) is 29.3 Å². The number of esters is 1. The van der Waals surface area contributed by atoms with Crippen molar-refractivity contribution in [3.8, 4) is 5.75 Å². The van der Waals surface area contributed by atoms with E-state index in [0.717, 1.165) is 5.69 Å². The van der Waals surface area contributed by atoms with Crippen molar-refractivity contribution in [2.75, 3.05) is 13.2 Å². The molecule has 0 aromatic carbocycles. The maximum atomic E-state index is 11.6. The second-order valence-corrected chi connectivity index (χ2v) is 5.32. The molecule has 0 fully saturated rings. The van der Waals surface area contributed by atoms with Crippen molar-refractivity contribution in [1.29, 1.82) is 0 Å². The molecule has 6 nitrogen and oxygen atoms in total. The highest BCUT2D eigenvalue weighted by Gasteiger charge is 2.08. The average molecular weight is 356 g/mol. The first kappa shape index (κ1) is 17.3. The first-order valence-electron chi connectivity index (χ1n) is 6.75. The van der Waals surface area contributed by atoms with Crippen LogP contribution < -0.4 is 4.74 Å². The summed E-state index contributed by atoms with van der Waals surface area (Å²) < 4.78 is 12.0. The number of pyridine rings is 1. The Morgan fingerprint density at radius 1 is 1.39 bits per heavy atom. The topological polar surface area (TPSA) is 66.2 Å². The van der Waals surface area contributed by atoms with Gasteiger partial charge in [0.15, 0.2) is 0 Å². The van der Waals surface area contributed by atoms with Crippen LogP contribution in [0, 0.1) is 6.92 Å². The molecule has 0 aliphatic heterocycles. The molecule has 0 radical (unpaired) electrons. The van der Waals surface area contributed by atoms with Gasteiger partial charge in [-0.25, -0.2) is 9.78 Å². The summed E-state index contributed by atoms with van der Waals surface area (Å²) in [5.74, 6) is 0.0787. The van der Waals surface area contributed by atoms with Gasteiger partial charge in [-0.15, -0.1) is 0 Å². The Labute approximate surface area is 143 Å². The smallest absolute Gasteiger partial charge is 0.330 e. The molecular formula is C15H15Cl2N3O3. The lowest BCUT2D eigenvalue weighted by Gasteiger charge is -2.06. The lowest BCUT2D eigenvalue weighted by molar-refractivity contribution is -0.138. The van der Waals surface area contributed by atoms with E-state index in [2.05, 4.69) is 10.1 Å². The van der Waals surface area contributed by atoms with Crippen LogP contribution in [0.25, 0.3) is 6.08 Å². The minimum atomic E-state index is -0.485. The fourth-order valence-electron chi connectivity index (χ4n) is 1.81. The Morgan fingerprint density at radius 3 is 2.83 bits per heavy atom. The third-order valence-electron chi connectivity index (χ3n) is 2.88. The number of aryl methyl sites for hydroxylation is 2. The van der Waals surface area contributed by atoms with Crippen molar-refractivity contribution in [1.82, 2.24) is 14.8 Å². The Bertz CT molecular complexity index is 729. The van der Waals surface area contributed by atoms with Gasteiger partial charge in [0.25, 0.3) is 0 Å². The van der Waals surface area contributed by atoms with Crippen molar-refractivity contribution in [3.63, 3.8) is 0 Å². The van der Waals surface area contributed by atoms with E-state index in [4.69, 9.17) is 32.7 Å². The van der Waals surface area contributed by atoms with Crippen LogP contribution >= 0.6 is 23.2 Å². The van der Waals surface area contributed by atoms with Crippen LogP contribution in [0.5, 0.6) is 5.75 Å². The normalized spacial score (nSPS) is 11.0. The molecule has 2 heterocycles. The van der Waals surface area contributed by atoms with Crippen LogP contribution in [0.4, 0.5) is 0 Å². The largest absolute Gasteiger partial charge is 0.490 e. The summed E-state index contributed by atoms with van der Waals surface area (Å²) in [5.41, 5.74) is 1.42. The fourth-order valence-corrected chi connectivity index (χ4v) is 2.21. The molecular weight excluding hydrogens is 341 g/mol. The molecule has 0 amide bonds. The summed E-state index contributed by atoms with van der Waals surface area (Å²) in [6.45, 7) is 2.14. The van der Waals surface area contributed by atoms with E-state index in [0.29, 0.717) is 21.6 Å². The van der Waals surface area contributed by atoms with Crippen LogP contribution in [-0.4, -0.2) is 33.9 Å². The second kappa shape index (κ2) is 7.99. The van der Waals surface area contributed by atoms with E-state index in [-0.39, 0.29) is 13.2 Å². The predicted molar refractivity (Wildman–Crippen MR) is 87.7 cm³/mol. The molecule has 0 unspecified atom stereocenters. The van der Waals surface area contributed by atoms with Gasteiger partial charge in [-0.1, -0.05) is 23.2 Å². The van der Waals surface area contributed by atoms with E-state index in [1.54, 1.807) is 25.3 Å². The molecule has 0 bridgehead atoms. The van der Waals surface area contributed by atoms with Gasteiger partial charge >= 0.3 is 5.97 Å². The number of carbonyl (C=O) groups is 1. The van der Waals surface area contributed by atoms with Crippen LogP contribution in [0.15, 0.2) is 24.4 Å². The van der Waals surface area contributed by atoms with Gasteiger partial charge in [-0.2, -0.15) is 5.10 Å². The maximum Gasteiger partial charge on any atom is 0.330 e. The van der Waals surface area contributed by atoms with Crippen molar-refractivity contribution < 1.29 is 14.3 Å². The van der Waals surface area contributed by atoms with Crippen LogP contribution in [0.3, 0.4) is 0 Å². The Balaban J connectivity index is 1.78. The van der Waals surface area contributed by atoms with Crippen molar-refractivity contribution in [2.24, 2.45) is 7.05 Å². The number of carbonyl (C=O) groups excluding carboxylic acids is 1. The zero-order valence-electron chi connectivity index (χ0n) is 12.6. The SMILES string of the molecule is Cc1nn(C)c(Cl)c1/C=C/C(=O)OCCOc1ccnc(Cl)c1. The summed E-state index contributed by atoms with van der Waals surface area (Å²) in [6, 6.07) is 3.25. The fraction of sp³-hybridized carbons (Fsp3) is 0.267. The molecule has 0 aliphatic rings. The molecule has 0 saturated heterocycles. The molecule has 0 spiro atoms. The summed E-state index contributed by atoms with van der Waals surface area (Å²) in [5, 5.41) is 4.95. The number of ether oxygens (including phenoxy) is 2. The Morgan fingerprint density at radius 2 is 2.17 bits per heavy atom. The predicted octanol–water partition coefficient (Wildman–Crippen LogP) is 3.07. The first-order valence-corrected chi connectivity index (χ1v) is 7.51. The minimum absolute atomic E-state index is 0.114. The maximum absolute atomic E-state index is 11.6. The molecule has 2 rings (SSSR count).